The van der Waals surface area contributed by atoms with Gasteiger partial charge in [0.2, 0.25) is 5.91 Å². The molecule has 8 heteroatoms. The molecular weight excluding hydrogens is 349 g/mol. The van der Waals surface area contributed by atoms with E-state index in [9.17, 15) is 28.0 Å². The Morgan fingerprint density at radius 3 is 2.35 bits per heavy atom. The zero-order valence-electron chi connectivity index (χ0n) is 14.6. The zero-order valence-corrected chi connectivity index (χ0v) is 14.6. The van der Waals surface area contributed by atoms with Crippen LogP contribution in [0, 0.1) is 16.2 Å². The summed E-state index contributed by atoms with van der Waals surface area (Å²) >= 11 is 0. The minimum absolute atomic E-state index is 0.0898. The molecule has 2 aliphatic rings. The number of amides is 1. The fourth-order valence-corrected chi connectivity index (χ4v) is 4.52. The lowest BCUT2D eigenvalue weighted by Gasteiger charge is -2.37. The van der Waals surface area contributed by atoms with Crippen LogP contribution in [0.15, 0.2) is 29.4 Å². The SMILES string of the molecule is CC12CCC(C(=O)Nc3ccccc3C(F)(F)F)(C(=O)/C1=N\O)C2(C)C. The number of ketones is 1. The number of rotatable bonds is 2. The number of benzene rings is 1. The van der Waals surface area contributed by atoms with Crippen molar-refractivity contribution in [3.05, 3.63) is 29.8 Å². The van der Waals surface area contributed by atoms with E-state index >= 15 is 0 Å². The number of hydrogen-bond donors (Lipinski definition) is 2. The maximum absolute atomic E-state index is 13.2. The number of para-hydroxylation sites is 1. The molecule has 3 rings (SSSR count). The van der Waals surface area contributed by atoms with Crippen molar-refractivity contribution in [3.8, 4) is 0 Å². The summed E-state index contributed by atoms with van der Waals surface area (Å²) in [5.74, 6) is -1.42. The van der Waals surface area contributed by atoms with Crippen molar-refractivity contribution in [1.82, 2.24) is 0 Å². The lowest BCUT2D eigenvalue weighted by molar-refractivity contribution is -0.140. The molecule has 5 nitrogen and oxygen atoms in total. The summed E-state index contributed by atoms with van der Waals surface area (Å²) in [7, 11) is 0. The summed E-state index contributed by atoms with van der Waals surface area (Å²) in [5.41, 5.74) is -4.76. The highest BCUT2D eigenvalue weighted by molar-refractivity contribution is 6.51. The van der Waals surface area contributed by atoms with Gasteiger partial charge in [0.15, 0.2) is 5.78 Å². The first kappa shape index (κ1) is 18.4. The molecule has 0 heterocycles. The second-order valence-electron chi connectivity index (χ2n) is 7.64. The Kier molecular flexibility index (Phi) is 3.76. The molecule has 2 unspecified atom stereocenters. The number of carbonyl (C=O) groups is 2. The summed E-state index contributed by atoms with van der Waals surface area (Å²) in [6.45, 7) is 5.17. The number of oxime groups is 1. The number of anilines is 1. The van der Waals surface area contributed by atoms with Gasteiger partial charge in [-0.3, -0.25) is 9.59 Å². The van der Waals surface area contributed by atoms with Crippen LogP contribution in [0.5, 0.6) is 0 Å². The van der Waals surface area contributed by atoms with Crippen molar-refractivity contribution in [2.75, 3.05) is 5.32 Å². The average Bonchev–Trinajstić information content (AvgIpc) is 2.82. The van der Waals surface area contributed by atoms with Gasteiger partial charge in [0.25, 0.3) is 0 Å². The van der Waals surface area contributed by atoms with Crippen molar-refractivity contribution >= 4 is 23.1 Å². The highest BCUT2D eigenvalue weighted by Crippen LogP contribution is 2.69. The third-order valence-electron chi connectivity index (χ3n) is 6.54. The van der Waals surface area contributed by atoms with Gasteiger partial charge >= 0.3 is 6.18 Å². The zero-order chi connectivity index (χ0) is 19.5. The van der Waals surface area contributed by atoms with Crippen LogP contribution in [-0.4, -0.2) is 22.6 Å². The first-order valence-electron chi connectivity index (χ1n) is 8.18. The van der Waals surface area contributed by atoms with Gasteiger partial charge in [-0.2, -0.15) is 13.2 Å². The van der Waals surface area contributed by atoms with E-state index < -0.39 is 45.4 Å². The number of fused-ring (bicyclic) bond motifs is 2. The van der Waals surface area contributed by atoms with Gasteiger partial charge in [0.05, 0.1) is 11.3 Å². The number of nitrogens with zero attached hydrogens (tertiary/aromatic N) is 1. The molecule has 2 aliphatic carbocycles. The third-order valence-corrected chi connectivity index (χ3v) is 6.54. The molecule has 0 radical (unpaired) electrons. The van der Waals surface area contributed by atoms with E-state index in [0.717, 1.165) is 12.1 Å². The Bertz CT molecular complexity index is 831. The summed E-state index contributed by atoms with van der Waals surface area (Å²) in [6, 6.07) is 4.63. The van der Waals surface area contributed by atoms with Crippen molar-refractivity contribution in [1.29, 1.82) is 0 Å². The quantitative estimate of drug-likeness (QED) is 0.473. The van der Waals surface area contributed by atoms with Gasteiger partial charge in [0.1, 0.15) is 11.1 Å². The molecule has 1 aromatic rings. The molecule has 2 N–H and O–H groups in total. The topological polar surface area (TPSA) is 78.8 Å². The van der Waals surface area contributed by atoms with Crippen molar-refractivity contribution in [2.45, 2.75) is 39.8 Å². The summed E-state index contributed by atoms with van der Waals surface area (Å²) in [4.78, 5) is 25.9. The monoisotopic (exact) mass is 368 g/mol. The standard InChI is InChI=1S/C18H19F3N2O3/c1-15(2)16(3)8-9-17(15,13(24)12(16)23-26)14(25)22-11-7-5-4-6-10(11)18(19,20)21/h4-7,26H,8-9H2,1-3H3,(H,22,25)/b23-12+. The number of alkyl halides is 3. The molecule has 0 spiro atoms. The van der Waals surface area contributed by atoms with Crippen LogP contribution in [0.25, 0.3) is 0 Å². The number of Topliss-reactive ketones (excluding diaryl/α,β-unsaturated/α-hetero) is 1. The highest BCUT2D eigenvalue weighted by atomic mass is 19.4. The third kappa shape index (κ3) is 2.01. The molecule has 0 aromatic heterocycles. The first-order chi connectivity index (χ1) is 11.9. The van der Waals surface area contributed by atoms with E-state index in [2.05, 4.69) is 10.5 Å². The number of halogens is 3. The van der Waals surface area contributed by atoms with Crippen molar-refractivity contribution in [3.63, 3.8) is 0 Å². The Labute approximate surface area is 148 Å². The van der Waals surface area contributed by atoms with Gasteiger partial charge in [0, 0.05) is 5.41 Å². The van der Waals surface area contributed by atoms with E-state index in [-0.39, 0.29) is 12.1 Å². The smallest absolute Gasteiger partial charge is 0.411 e. The largest absolute Gasteiger partial charge is 0.418 e. The number of nitrogens with one attached hydrogen (secondary N) is 1. The highest BCUT2D eigenvalue weighted by Gasteiger charge is 2.77. The Morgan fingerprint density at radius 2 is 1.81 bits per heavy atom. The van der Waals surface area contributed by atoms with E-state index in [0.29, 0.717) is 6.42 Å². The molecule has 0 saturated heterocycles. The van der Waals surface area contributed by atoms with E-state index in [4.69, 9.17) is 0 Å². The summed E-state index contributed by atoms with van der Waals surface area (Å²) in [5, 5.41) is 14.7. The van der Waals surface area contributed by atoms with Crippen LogP contribution < -0.4 is 5.32 Å². The average molecular weight is 368 g/mol. The van der Waals surface area contributed by atoms with Gasteiger partial charge in [-0.15, -0.1) is 0 Å². The van der Waals surface area contributed by atoms with Gasteiger partial charge in [-0.25, -0.2) is 0 Å². The van der Waals surface area contributed by atoms with Gasteiger partial charge < -0.3 is 10.5 Å². The maximum Gasteiger partial charge on any atom is 0.418 e. The van der Waals surface area contributed by atoms with Crippen LogP contribution >= 0.6 is 0 Å². The van der Waals surface area contributed by atoms with E-state index in [1.165, 1.54) is 12.1 Å². The first-order valence-corrected chi connectivity index (χ1v) is 8.18. The lowest BCUT2D eigenvalue weighted by atomic mass is 9.64. The Balaban J connectivity index is 2.06. The number of carbonyl (C=O) groups excluding carboxylic acids is 2. The summed E-state index contributed by atoms with van der Waals surface area (Å²) in [6.07, 6.45) is -4.02. The lowest BCUT2D eigenvalue weighted by Crippen LogP contribution is -2.48. The molecule has 2 saturated carbocycles. The molecule has 2 bridgehead atoms. The van der Waals surface area contributed by atoms with Crippen LogP contribution in [0.1, 0.15) is 39.2 Å². The van der Waals surface area contributed by atoms with Gasteiger partial charge in [-0.1, -0.05) is 38.1 Å². The normalized spacial score (nSPS) is 31.5. The Morgan fingerprint density at radius 1 is 1.19 bits per heavy atom. The van der Waals surface area contributed by atoms with E-state index in [1.807, 2.05) is 0 Å². The van der Waals surface area contributed by atoms with Crippen LogP contribution in [-0.2, 0) is 15.8 Å². The maximum atomic E-state index is 13.2. The molecule has 26 heavy (non-hydrogen) atoms. The molecule has 2 fully saturated rings. The minimum Gasteiger partial charge on any atom is -0.411 e. The molecular formula is C18H19F3N2O3. The second kappa shape index (κ2) is 5.31. The van der Waals surface area contributed by atoms with Gasteiger partial charge in [-0.05, 0) is 30.4 Å². The van der Waals surface area contributed by atoms with E-state index in [1.54, 1.807) is 20.8 Å². The molecule has 0 aliphatic heterocycles. The molecule has 1 aromatic carbocycles. The predicted octanol–water partition coefficient (Wildman–Crippen LogP) is 3.87. The fraction of sp³-hybridized carbons (Fsp3) is 0.500. The molecule has 1 amide bonds. The fourth-order valence-electron chi connectivity index (χ4n) is 4.52. The molecule has 140 valence electrons. The van der Waals surface area contributed by atoms with Crippen molar-refractivity contribution < 1.29 is 28.0 Å². The predicted molar refractivity (Wildman–Crippen MR) is 87.9 cm³/mol. The second-order valence-corrected chi connectivity index (χ2v) is 7.64. The van der Waals surface area contributed by atoms with Crippen molar-refractivity contribution in [2.24, 2.45) is 21.4 Å². The van der Waals surface area contributed by atoms with Crippen LogP contribution in [0.3, 0.4) is 0 Å². The number of hydrogen-bond acceptors (Lipinski definition) is 4. The molecule has 2 atom stereocenters. The van der Waals surface area contributed by atoms with Crippen LogP contribution in [0.2, 0.25) is 0 Å². The minimum atomic E-state index is -4.64. The Hall–Kier alpha value is -2.38. The van der Waals surface area contributed by atoms with Crippen LogP contribution in [0.4, 0.5) is 18.9 Å². The summed E-state index contributed by atoms with van der Waals surface area (Å²) < 4.78 is 39.6.